The summed E-state index contributed by atoms with van der Waals surface area (Å²) in [7, 11) is 0. The second-order valence-electron chi connectivity index (χ2n) is 5.37. The summed E-state index contributed by atoms with van der Waals surface area (Å²) >= 11 is 3.34. The van der Waals surface area contributed by atoms with E-state index in [0.717, 1.165) is 0 Å². The van der Waals surface area contributed by atoms with E-state index < -0.39 is 12.0 Å². The van der Waals surface area contributed by atoms with Crippen LogP contribution in [0.3, 0.4) is 0 Å². The van der Waals surface area contributed by atoms with E-state index in [-0.39, 0.29) is 12.4 Å². The molecule has 0 spiro atoms. The number of nitrogens with zero attached hydrogens (tertiary/aromatic N) is 1. The number of fused-ring (bicyclic) bond motifs is 1. The molecule has 1 aliphatic heterocycles. The molecule has 3 rings (SSSR count). The molecule has 0 aliphatic carbocycles. The lowest BCUT2D eigenvalue weighted by atomic mass is 10.2. The molecular weight excluding hydrogens is 404 g/mol. The Balaban J connectivity index is 1.65. The number of amides is 1. The zero-order valence-corrected chi connectivity index (χ0v) is 15.5. The summed E-state index contributed by atoms with van der Waals surface area (Å²) in [6.07, 6.45) is 0.523. The van der Waals surface area contributed by atoms with Gasteiger partial charge in [0.15, 0.2) is 23.0 Å². The maximum absolute atomic E-state index is 12.2. The van der Waals surface area contributed by atoms with E-state index >= 15 is 0 Å². The summed E-state index contributed by atoms with van der Waals surface area (Å²) in [5.41, 5.74) is 2.79. The number of hydrogen-bond acceptors (Lipinski definition) is 6. The van der Waals surface area contributed by atoms with Gasteiger partial charge in [-0.1, -0.05) is 28.1 Å². The zero-order chi connectivity index (χ0) is 18.5. The van der Waals surface area contributed by atoms with Gasteiger partial charge in [-0.15, -0.1) is 0 Å². The molecule has 136 valence electrons. The van der Waals surface area contributed by atoms with E-state index in [1.165, 1.54) is 6.21 Å². The van der Waals surface area contributed by atoms with Crippen LogP contribution in [0, 0.1) is 0 Å². The Labute approximate surface area is 158 Å². The van der Waals surface area contributed by atoms with E-state index in [1.807, 2.05) is 13.0 Å². The molecule has 0 fully saturated rings. The number of phenolic OH excluding ortho intramolecular Hbond substituents is 1. The van der Waals surface area contributed by atoms with Gasteiger partial charge in [0.1, 0.15) is 6.61 Å². The zero-order valence-electron chi connectivity index (χ0n) is 13.9. The number of benzene rings is 2. The summed E-state index contributed by atoms with van der Waals surface area (Å²) in [6.45, 7) is 2.32. The molecule has 0 aromatic heterocycles. The highest BCUT2D eigenvalue weighted by Gasteiger charge is 2.27. The smallest absolute Gasteiger partial charge is 0.284 e. The van der Waals surface area contributed by atoms with Crippen molar-refractivity contribution in [2.45, 2.75) is 13.0 Å². The molecule has 0 radical (unpaired) electrons. The van der Waals surface area contributed by atoms with Crippen LogP contribution in [0.25, 0.3) is 0 Å². The first-order chi connectivity index (χ1) is 12.6. The summed E-state index contributed by atoms with van der Waals surface area (Å²) in [4.78, 5) is 12.2. The van der Waals surface area contributed by atoms with Gasteiger partial charge < -0.3 is 19.3 Å². The standard InChI is InChI=1S/C18H17BrN2O5/c1-2-24-15-8-12(19)7-11(17(15)22)9-20-21-18(23)16-10-25-13-5-3-4-6-14(13)26-16/h3-9,16,22H,2,10H2,1H3,(H,21,23)/b20-9+/t16-/m1/s1. The van der Waals surface area contributed by atoms with E-state index in [9.17, 15) is 9.90 Å². The van der Waals surface area contributed by atoms with Crippen LogP contribution in [0.5, 0.6) is 23.0 Å². The number of ether oxygens (including phenoxy) is 3. The third-order valence-corrected chi connectivity index (χ3v) is 4.01. The Morgan fingerprint density at radius 2 is 2.19 bits per heavy atom. The summed E-state index contributed by atoms with van der Waals surface area (Å²) < 4.78 is 17.2. The Bertz CT molecular complexity index is 840. The second kappa shape index (κ2) is 8.09. The van der Waals surface area contributed by atoms with E-state index in [1.54, 1.807) is 30.3 Å². The molecule has 7 nitrogen and oxygen atoms in total. The molecule has 2 N–H and O–H groups in total. The van der Waals surface area contributed by atoms with Crippen LogP contribution >= 0.6 is 15.9 Å². The third-order valence-electron chi connectivity index (χ3n) is 3.55. The molecule has 2 aromatic rings. The molecular formula is C18H17BrN2O5. The average molecular weight is 421 g/mol. The molecule has 0 unspecified atom stereocenters. The van der Waals surface area contributed by atoms with Crippen LogP contribution < -0.4 is 19.6 Å². The minimum absolute atomic E-state index is 0.0563. The monoisotopic (exact) mass is 420 g/mol. The normalized spacial score (nSPS) is 15.7. The number of hydrogen-bond donors (Lipinski definition) is 2. The van der Waals surface area contributed by atoms with Crippen molar-refractivity contribution in [3.8, 4) is 23.0 Å². The predicted octanol–water partition coefficient (Wildman–Crippen LogP) is 2.84. The molecule has 1 aliphatic rings. The summed E-state index contributed by atoms with van der Waals surface area (Å²) in [6, 6.07) is 10.4. The molecule has 26 heavy (non-hydrogen) atoms. The molecule has 0 bridgehead atoms. The molecule has 0 saturated carbocycles. The number of carbonyl (C=O) groups is 1. The lowest BCUT2D eigenvalue weighted by Gasteiger charge is -2.24. The van der Waals surface area contributed by atoms with Crippen molar-refractivity contribution in [1.29, 1.82) is 0 Å². The van der Waals surface area contributed by atoms with E-state index in [0.29, 0.717) is 33.9 Å². The van der Waals surface area contributed by atoms with Crippen molar-refractivity contribution < 1.29 is 24.1 Å². The van der Waals surface area contributed by atoms with Crippen LogP contribution in [-0.4, -0.2) is 36.5 Å². The van der Waals surface area contributed by atoms with Crippen molar-refractivity contribution in [2.75, 3.05) is 13.2 Å². The maximum Gasteiger partial charge on any atom is 0.284 e. The quantitative estimate of drug-likeness (QED) is 0.573. The van der Waals surface area contributed by atoms with Gasteiger partial charge in [-0.3, -0.25) is 4.79 Å². The predicted molar refractivity (Wildman–Crippen MR) is 99.1 cm³/mol. The Morgan fingerprint density at radius 1 is 1.42 bits per heavy atom. The van der Waals surface area contributed by atoms with Crippen LogP contribution in [0.4, 0.5) is 0 Å². The lowest BCUT2D eigenvalue weighted by molar-refractivity contribution is -0.130. The number of nitrogens with one attached hydrogen (secondary N) is 1. The van der Waals surface area contributed by atoms with Gasteiger partial charge in [-0.05, 0) is 31.2 Å². The highest BCUT2D eigenvalue weighted by molar-refractivity contribution is 9.10. The van der Waals surface area contributed by atoms with Gasteiger partial charge in [-0.25, -0.2) is 5.43 Å². The van der Waals surface area contributed by atoms with Gasteiger partial charge in [0.25, 0.3) is 5.91 Å². The van der Waals surface area contributed by atoms with Crippen LogP contribution in [0.1, 0.15) is 12.5 Å². The first-order valence-electron chi connectivity index (χ1n) is 7.95. The largest absolute Gasteiger partial charge is 0.504 e. The number of phenols is 1. The number of hydrazone groups is 1. The van der Waals surface area contributed by atoms with Crippen molar-refractivity contribution in [2.24, 2.45) is 5.10 Å². The van der Waals surface area contributed by atoms with Gasteiger partial charge in [-0.2, -0.15) is 5.10 Å². The van der Waals surface area contributed by atoms with Crippen molar-refractivity contribution in [3.63, 3.8) is 0 Å². The third kappa shape index (κ3) is 4.08. The Morgan fingerprint density at radius 3 is 2.96 bits per heavy atom. The van der Waals surface area contributed by atoms with E-state index in [2.05, 4.69) is 26.5 Å². The van der Waals surface area contributed by atoms with Gasteiger partial charge in [0, 0.05) is 10.0 Å². The van der Waals surface area contributed by atoms with Crippen LogP contribution in [0.15, 0.2) is 46.0 Å². The Kier molecular flexibility index (Phi) is 5.62. The second-order valence-corrected chi connectivity index (χ2v) is 6.29. The van der Waals surface area contributed by atoms with Crippen LogP contribution in [-0.2, 0) is 4.79 Å². The molecule has 1 atom stereocenters. The Hall–Kier alpha value is -2.74. The summed E-state index contributed by atoms with van der Waals surface area (Å²) in [5.74, 6) is 0.932. The number of aromatic hydroxyl groups is 1. The number of halogens is 1. The molecule has 1 heterocycles. The first kappa shape index (κ1) is 18.1. The topological polar surface area (TPSA) is 89.4 Å². The van der Waals surface area contributed by atoms with Gasteiger partial charge in [0.05, 0.1) is 12.8 Å². The summed E-state index contributed by atoms with van der Waals surface area (Å²) in [5, 5.41) is 14.1. The van der Waals surface area contributed by atoms with E-state index in [4.69, 9.17) is 14.2 Å². The highest BCUT2D eigenvalue weighted by atomic mass is 79.9. The maximum atomic E-state index is 12.2. The SMILES string of the molecule is CCOc1cc(Br)cc(/C=N/NC(=O)[C@H]2COc3ccccc3O2)c1O. The average Bonchev–Trinajstić information content (AvgIpc) is 2.65. The fourth-order valence-corrected chi connectivity index (χ4v) is 2.80. The van der Waals surface area contributed by atoms with Crippen molar-refractivity contribution >= 4 is 28.1 Å². The minimum Gasteiger partial charge on any atom is -0.504 e. The molecule has 2 aromatic carbocycles. The lowest BCUT2D eigenvalue weighted by Crippen LogP contribution is -2.42. The molecule has 8 heteroatoms. The minimum atomic E-state index is -0.808. The highest BCUT2D eigenvalue weighted by Crippen LogP contribution is 2.33. The van der Waals surface area contributed by atoms with Crippen LogP contribution in [0.2, 0.25) is 0 Å². The fraction of sp³-hybridized carbons (Fsp3) is 0.222. The number of rotatable bonds is 5. The van der Waals surface area contributed by atoms with Gasteiger partial charge >= 0.3 is 0 Å². The number of carbonyl (C=O) groups excluding carboxylic acids is 1. The van der Waals surface area contributed by atoms with Gasteiger partial charge in [0.2, 0.25) is 6.10 Å². The molecule has 1 amide bonds. The van der Waals surface area contributed by atoms with Crippen molar-refractivity contribution in [1.82, 2.24) is 5.43 Å². The first-order valence-corrected chi connectivity index (χ1v) is 8.74. The molecule has 0 saturated heterocycles. The number of para-hydroxylation sites is 2. The fourth-order valence-electron chi connectivity index (χ4n) is 2.34. The van der Waals surface area contributed by atoms with Crippen molar-refractivity contribution in [3.05, 3.63) is 46.4 Å².